The van der Waals surface area contributed by atoms with E-state index in [0.717, 1.165) is 0 Å². The maximum Gasteiger partial charge on any atom is 0.113 e. The molecule has 0 amide bonds. The highest BCUT2D eigenvalue weighted by atomic mass is 28.3. The van der Waals surface area contributed by atoms with Crippen molar-refractivity contribution in [2.75, 3.05) is 36.0 Å². The zero-order chi connectivity index (χ0) is 20.0. The molecule has 2 nitrogen and oxygen atoms in total. The Morgan fingerprint density at radius 3 is 1.50 bits per heavy atom. The lowest BCUT2D eigenvalue weighted by molar-refractivity contribution is 0.633. The van der Waals surface area contributed by atoms with Crippen LogP contribution in [0, 0.1) is 0 Å². The summed E-state index contributed by atoms with van der Waals surface area (Å²) in [5, 5.41) is 3.70. The summed E-state index contributed by atoms with van der Waals surface area (Å²) in [5.41, 5.74) is 13.7. The number of hydrogen-bond acceptors (Lipinski definition) is 2. The highest BCUT2D eigenvalue weighted by Crippen LogP contribution is 2.41. The molecule has 0 spiro atoms. The number of benzene rings is 2. The molecule has 0 aromatic heterocycles. The lowest BCUT2D eigenvalue weighted by Crippen LogP contribution is -2.62. The first-order valence-corrected chi connectivity index (χ1v) is 15.5. The fraction of sp³-hybridized carbons (Fsp3) is 0.556. The highest BCUT2D eigenvalue weighted by molar-refractivity contribution is 7.02. The summed E-state index contributed by atoms with van der Waals surface area (Å²) in [5.74, 6) is 0. The highest BCUT2D eigenvalue weighted by Gasteiger charge is 2.43. The summed E-state index contributed by atoms with van der Waals surface area (Å²) in [7, 11) is -1.73. The molecule has 2 aromatic carbocycles. The van der Waals surface area contributed by atoms with E-state index in [4.69, 9.17) is 0 Å². The molecule has 30 heavy (non-hydrogen) atoms. The Balaban J connectivity index is 1.50. The summed E-state index contributed by atoms with van der Waals surface area (Å²) in [6, 6.07) is 5.33. The Morgan fingerprint density at radius 1 is 0.600 bits per heavy atom. The fourth-order valence-corrected chi connectivity index (χ4v) is 12.2. The normalized spacial score (nSPS) is 22.7. The van der Waals surface area contributed by atoms with Gasteiger partial charge in [-0.3, -0.25) is 0 Å². The van der Waals surface area contributed by atoms with E-state index in [1.165, 1.54) is 84.0 Å². The molecular formula is C27H34N2Si. The van der Waals surface area contributed by atoms with Crippen molar-refractivity contribution in [1.82, 2.24) is 0 Å². The molecular weight excluding hydrogens is 380 g/mol. The van der Waals surface area contributed by atoms with Crippen LogP contribution in [0.15, 0.2) is 12.1 Å². The van der Waals surface area contributed by atoms with Crippen molar-refractivity contribution in [2.24, 2.45) is 0 Å². The molecule has 0 saturated heterocycles. The molecule has 7 rings (SSSR count). The topological polar surface area (TPSA) is 6.48 Å². The van der Waals surface area contributed by atoms with Gasteiger partial charge >= 0.3 is 0 Å². The second-order valence-corrected chi connectivity index (χ2v) is 15.2. The molecule has 0 N–H and O–H groups in total. The Kier molecular flexibility index (Phi) is 3.67. The lowest BCUT2D eigenvalue weighted by atomic mass is 9.85. The summed E-state index contributed by atoms with van der Waals surface area (Å²) in [6.45, 7) is 10.5. The monoisotopic (exact) mass is 414 g/mol. The molecule has 2 aromatic rings. The van der Waals surface area contributed by atoms with Crippen LogP contribution in [-0.4, -0.2) is 34.3 Å². The van der Waals surface area contributed by atoms with E-state index in [2.05, 4.69) is 35.0 Å². The molecule has 0 bridgehead atoms. The zero-order valence-corrected chi connectivity index (χ0v) is 19.7. The second-order valence-electron chi connectivity index (χ2n) is 11.0. The van der Waals surface area contributed by atoms with Crippen LogP contribution in [0.4, 0.5) is 11.4 Å². The largest absolute Gasteiger partial charge is 0.371 e. The summed E-state index contributed by atoms with van der Waals surface area (Å²) in [4.78, 5) is 5.49. The average Bonchev–Trinajstić information content (AvgIpc) is 2.74. The molecule has 0 radical (unpaired) electrons. The van der Waals surface area contributed by atoms with Gasteiger partial charge in [0.15, 0.2) is 0 Å². The van der Waals surface area contributed by atoms with Crippen LogP contribution in [-0.2, 0) is 32.1 Å². The Bertz CT molecular complexity index is 996. The minimum Gasteiger partial charge on any atom is -0.371 e. The zero-order valence-electron chi connectivity index (χ0n) is 18.7. The molecule has 5 aliphatic heterocycles. The third-order valence-electron chi connectivity index (χ3n) is 8.84. The van der Waals surface area contributed by atoms with Gasteiger partial charge in [-0.15, -0.1) is 0 Å². The predicted octanol–water partition coefficient (Wildman–Crippen LogP) is 3.81. The van der Waals surface area contributed by atoms with Crippen molar-refractivity contribution in [3.63, 3.8) is 0 Å². The predicted molar refractivity (Wildman–Crippen MR) is 130 cm³/mol. The molecule has 0 fully saturated rings. The number of rotatable bonds is 0. The van der Waals surface area contributed by atoms with Gasteiger partial charge in [-0.05, 0) is 102 Å². The molecule has 5 heterocycles. The van der Waals surface area contributed by atoms with Crippen LogP contribution in [0.2, 0.25) is 13.1 Å². The van der Waals surface area contributed by atoms with Crippen LogP contribution in [0.5, 0.6) is 0 Å². The number of nitrogens with zero attached hydrogens (tertiary/aromatic N) is 2. The van der Waals surface area contributed by atoms with E-state index in [0.29, 0.717) is 0 Å². The standard InChI is InChI=1S/C27H34N2Si/c1-30(2)26-20(15-18-7-3-11-28-13-5-9-22(26)24(18)28)17-21-16-19-8-4-12-29-14-6-10-23(25(19)29)27(21)30/h15-16H,3-14,17H2,1-2H3. The van der Waals surface area contributed by atoms with Crippen LogP contribution in [0.25, 0.3) is 0 Å². The van der Waals surface area contributed by atoms with E-state index in [9.17, 15) is 0 Å². The van der Waals surface area contributed by atoms with Crippen molar-refractivity contribution in [3.05, 3.63) is 45.5 Å². The maximum atomic E-state index is 2.75. The quantitative estimate of drug-likeness (QED) is 0.605. The third kappa shape index (κ3) is 2.25. The van der Waals surface area contributed by atoms with Crippen molar-refractivity contribution in [3.8, 4) is 0 Å². The maximum absolute atomic E-state index is 2.75. The van der Waals surface area contributed by atoms with Crippen LogP contribution in [0.3, 0.4) is 0 Å². The Morgan fingerprint density at radius 2 is 1.03 bits per heavy atom. The molecule has 0 unspecified atom stereocenters. The summed E-state index contributed by atoms with van der Waals surface area (Å²) in [6.07, 6.45) is 11.8. The van der Waals surface area contributed by atoms with E-state index in [1.54, 1.807) is 44.8 Å². The van der Waals surface area contributed by atoms with Crippen molar-refractivity contribution < 1.29 is 0 Å². The smallest absolute Gasteiger partial charge is 0.113 e. The second kappa shape index (κ2) is 6.15. The SMILES string of the molecule is C[Si]1(C)c2c(cc3c4c2CCCN4CCC3)Cc2cc3c4c(c21)CCCN4CCC3. The molecule has 0 atom stereocenters. The summed E-state index contributed by atoms with van der Waals surface area (Å²) < 4.78 is 0. The van der Waals surface area contributed by atoms with Crippen LogP contribution >= 0.6 is 0 Å². The number of anilines is 2. The van der Waals surface area contributed by atoms with Gasteiger partial charge in [0, 0.05) is 37.6 Å². The van der Waals surface area contributed by atoms with Crippen LogP contribution in [0.1, 0.15) is 59.1 Å². The van der Waals surface area contributed by atoms with Crippen molar-refractivity contribution in [2.45, 2.75) is 70.9 Å². The van der Waals surface area contributed by atoms with E-state index in [-0.39, 0.29) is 0 Å². The average molecular weight is 415 g/mol. The molecule has 3 heteroatoms. The minimum absolute atomic E-state index is 1.20. The van der Waals surface area contributed by atoms with Crippen molar-refractivity contribution in [1.29, 1.82) is 0 Å². The summed E-state index contributed by atoms with van der Waals surface area (Å²) >= 11 is 0. The van der Waals surface area contributed by atoms with Gasteiger partial charge in [0.1, 0.15) is 8.07 Å². The van der Waals surface area contributed by atoms with Crippen LogP contribution < -0.4 is 20.2 Å². The van der Waals surface area contributed by atoms with Gasteiger partial charge in [0.2, 0.25) is 0 Å². The van der Waals surface area contributed by atoms with E-state index in [1.807, 2.05) is 10.4 Å². The number of fused-ring (bicyclic) bond motifs is 4. The Hall–Kier alpha value is -1.74. The van der Waals surface area contributed by atoms with Gasteiger partial charge in [0.05, 0.1) is 0 Å². The molecule has 5 aliphatic rings. The first kappa shape index (κ1) is 17.9. The van der Waals surface area contributed by atoms with Gasteiger partial charge in [0.25, 0.3) is 0 Å². The minimum atomic E-state index is -1.73. The van der Waals surface area contributed by atoms with Gasteiger partial charge in [-0.1, -0.05) is 25.2 Å². The Labute approximate surface area is 182 Å². The molecule has 156 valence electrons. The van der Waals surface area contributed by atoms with Gasteiger partial charge in [-0.25, -0.2) is 0 Å². The van der Waals surface area contributed by atoms with E-state index >= 15 is 0 Å². The molecule has 0 saturated carbocycles. The first-order chi connectivity index (χ1) is 14.6. The van der Waals surface area contributed by atoms with Crippen molar-refractivity contribution >= 4 is 29.8 Å². The van der Waals surface area contributed by atoms with Gasteiger partial charge in [-0.2, -0.15) is 0 Å². The lowest BCUT2D eigenvalue weighted by Gasteiger charge is -2.46. The van der Waals surface area contributed by atoms with Gasteiger partial charge < -0.3 is 9.80 Å². The van der Waals surface area contributed by atoms with E-state index < -0.39 is 8.07 Å². The fourth-order valence-electron chi connectivity index (χ4n) is 8.02. The number of aryl methyl sites for hydroxylation is 2. The third-order valence-corrected chi connectivity index (χ3v) is 12.6. The number of hydrogen-bond donors (Lipinski definition) is 0. The molecule has 0 aliphatic carbocycles. The first-order valence-electron chi connectivity index (χ1n) is 12.5.